The van der Waals surface area contributed by atoms with Crippen LogP contribution in [-0.2, 0) is 4.79 Å². The highest BCUT2D eigenvalue weighted by Crippen LogP contribution is 2.14. The summed E-state index contributed by atoms with van der Waals surface area (Å²) < 4.78 is 0. The Morgan fingerprint density at radius 2 is 1.77 bits per heavy atom. The number of hydrogen-bond donors (Lipinski definition) is 2. The SMILES string of the molecule is CC(=O)c1cccc(NC(=O)CCNc2ccc(Cl)cc2)c1. The largest absolute Gasteiger partial charge is 0.385 e. The second-order valence-corrected chi connectivity index (χ2v) is 5.31. The van der Waals surface area contributed by atoms with Gasteiger partial charge in [0.25, 0.3) is 0 Å². The molecule has 0 atom stereocenters. The summed E-state index contributed by atoms with van der Waals surface area (Å²) in [5, 5.41) is 6.60. The Morgan fingerprint density at radius 3 is 2.45 bits per heavy atom. The molecule has 2 aromatic rings. The molecular weight excluding hydrogens is 300 g/mol. The fraction of sp³-hybridized carbons (Fsp3) is 0.176. The van der Waals surface area contributed by atoms with Crippen LogP contribution in [0.15, 0.2) is 48.5 Å². The Bertz CT molecular complexity index is 669. The number of rotatable bonds is 6. The predicted molar refractivity (Wildman–Crippen MR) is 89.6 cm³/mol. The van der Waals surface area contributed by atoms with Gasteiger partial charge in [0.2, 0.25) is 5.91 Å². The van der Waals surface area contributed by atoms with E-state index in [1.807, 2.05) is 12.1 Å². The molecule has 0 heterocycles. The normalized spacial score (nSPS) is 10.1. The van der Waals surface area contributed by atoms with Crippen molar-refractivity contribution in [2.24, 2.45) is 0 Å². The topological polar surface area (TPSA) is 58.2 Å². The van der Waals surface area contributed by atoms with Gasteiger partial charge in [-0.3, -0.25) is 9.59 Å². The summed E-state index contributed by atoms with van der Waals surface area (Å²) in [6.07, 6.45) is 0.326. The van der Waals surface area contributed by atoms with E-state index < -0.39 is 0 Å². The van der Waals surface area contributed by atoms with E-state index >= 15 is 0 Å². The molecule has 0 spiro atoms. The van der Waals surface area contributed by atoms with Crippen molar-refractivity contribution in [3.05, 3.63) is 59.1 Å². The lowest BCUT2D eigenvalue weighted by molar-refractivity contribution is -0.115. The summed E-state index contributed by atoms with van der Waals surface area (Å²) in [6.45, 7) is 2.01. The summed E-state index contributed by atoms with van der Waals surface area (Å²) in [6, 6.07) is 14.2. The zero-order valence-electron chi connectivity index (χ0n) is 12.2. The van der Waals surface area contributed by atoms with E-state index in [0.717, 1.165) is 5.69 Å². The molecule has 0 aliphatic heterocycles. The third-order valence-electron chi connectivity index (χ3n) is 3.08. The van der Waals surface area contributed by atoms with Crippen LogP contribution in [0.5, 0.6) is 0 Å². The summed E-state index contributed by atoms with van der Waals surface area (Å²) >= 11 is 5.81. The van der Waals surface area contributed by atoms with Crippen LogP contribution in [0.2, 0.25) is 5.02 Å². The second kappa shape index (κ2) is 7.61. The van der Waals surface area contributed by atoms with Crippen LogP contribution >= 0.6 is 11.6 Å². The van der Waals surface area contributed by atoms with Crippen LogP contribution in [0.4, 0.5) is 11.4 Å². The number of carbonyl (C=O) groups excluding carboxylic acids is 2. The second-order valence-electron chi connectivity index (χ2n) is 4.87. The van der Waals surface area contributed by atoms with Gasteiger partial charge in [0, 0.05) is 34.9 Å². The van der Waals surface area contributed by atoms with Gasteiger partial charge < -0.3 is 10.6 Å². The third-order valence-corrected chi connectivity index (χ3v) is 3.33. The lowest BCUT2D eigenvalue weighted by Crippen LogP contribution is -2.16. The van der Waals surface area contributed by atoms with E-state index in [-0.39, 0.29) is 11.7 Å². The molecule has 5 heteroatoms. The van der Waals surface area contributed by atoms with E-state index in [2.05, 4.69) is 10.6 Å². The Kier molecular flexibility index (Phi) is 5.55. The monoisotopic (exact) mass is 316 g/mol. The first-order valence-electron chi connectivity index (χ1n) is 6.95. The number of carbonyl (C=O) groups is 2. The van der Waals surface area contributed by atoms with E-state index in [9.17, 15) is 9.59 Å². The van der Waals surface area contributed by atoms with Crippen molar-refractivity contribution in [1.29, 1.82) is 0 Å². The number of nitrogens with one attached hydrogen (secondary N) is 2. The van der Waals surface area contributed by atoms with Gasteiger partial charge in [0.15, 0.2) is 5.78 Å². The standard InChI is InChI=1S/C17H17ClN2O2/c1-12(21)13-3-2-4-16(11-13)20-17(22)9-10-19-15-7-5-14(18)6-8-15/h2-8,11,19H,9-10H2,1H3,(H,20,22). The van der Waals surface area contributed by atoms with Crippen LogP contribution < -0.4 is 10.6 Å². The minimum atomic E-state index is -0.109. The minimum Gasteiger partial charge on any atom is -0.385 e. The molecule has 2 N–H and O–H groups in total. The van der Waals surface area contributed by atoms with E-state index in [0.29, 0.717) is 29.2 Å². The molecule has 2 aromatic carbocycles. The van der Waals surface area contributed by atoms with Gasteiger partial charge in [-0.05, 0) is 43.3 Å². The van der Waals surface area contributed by atoms with Crippen molar-refractivity contribution < 1.29 is 9.59 Å². The van der Waals surface area contributed by atoms with Gasteiger partial charge in [0.05, 0.1) is 0 Å². The van der Waals surface area contributed by atoms with Crippen molar-refractivity contribution >= 4 is 34.7 Å². The molecule has 114 valence electrons. The molecule has 1 amide bonds. The van der Waals surface area contributed by atoms with Crippen molar-refractivity contribution in [2.75, 3.05) is 17.2 Å². The Labute approximate surface area is 134 Å². The maximum Gasteiger partial charge on any atom is 0.226 e. The van der Waals surface area contributed by atoms with Crippen LogP contribution in [0.1, 0.15) is 23.7 Å². The molecule has 4 nitrogen and oxygen atoms in total. The average Bonchev–Trinajstić information content (AvgIpc) is 2.49. The van der Waals surface area contributed by atoms with Crippen LogP contribution in [-0.4, -0.2) is 18.2 Å². The first kappa shape index (κ1) is 16.0. The number of halogens is 1. The number of Topliss-reactive ketones (excluding diaryl/α,β-unsaturated/α-hetero) is 1. The smallest absolute Gasteiger partial charge is 0.226 e. The van der Waals surface area contributed by atoms with Crippen LogP contribution in [0.3, 0.4) is 0 Å². The van der Waals surface area contributed by atoms with E-state index in [1.165, 1.54) is 6.92 Å². The molecular formula is C17H17ClN2O2. The summed E-state index contributed by atoms with van der Waals surface area (Å²) in [4.78, 5) is 23.2. The summed E-state index contributed by atoms with van der Waals surface area (Å²) in [5.41, 5.74) is 2.12. The first-order valence-corrected chi connectivity index (χ1v) is 7.33. The van der Waals surface area contributed by atoms with Gasteiger partial charge in [-0.2, -0.15) is 0 Å². The molecule has 0 aromatic heterocycles. The zero-order valence-corrected chi connectivity index (χ0v) is 13.0. The number of anilines is 2. The summed E-state index contributed by atoms with van der Waals surface area (Å²) in [7, 11) is 0. The Balaban J connectivity index is 1.81. The Hall–Kier alpha value is -2.33. The zero-order chi connectivity index (χ0) is 15.9. The van der Waals surface area contributed by atoms with Crippen LogP contribution in [0.25, 0.3) is 0 Å². The minimum absolute atomic E-state index is 0.0273. The molecule has 0 saturated carbocycles. The fourth-order valence-electron chi connectivity index (χ4n) is 1.93. The quantitative estimate of drug-likeness (QED) is 0.792. The van der Waals surface area contributed by atoms with E-state index in [1.54, 1.807) is 36.4 Å². The van der Waals surface area contributed by atoms with E-state index in [4.69, 9.17) is 11.6 Å². The summed E-state index contributed by atoms with van der Waals surface area (Å²) in [5.74, 6) is -0.136. The maximum absolute atomic E-state index is 11.9. The predicted octanol–water partition coefficient (Wildman–Crippen LogP) is 3.98. The Morgan fingerprint density at radius 1 is 1.05 bits per heavy atom. The highest BCUT2D eigenvalue weighted by atomic mass is 35.5. The third kappa shape index (κ3) is 4.90. The van der Waals surface area contributed by atoms with Crippen molar-refractivity contribution in [2.45, 2.75) is 13.3 Å². The first-order chi connectivity index (χ1) is 10.5. The maximum atomic E-state index is 11.9. The lowest BCUT2D eigenvalue weighted by atomic mass is 10.1. The highest BCUT2D eigenvalue weighted by molar-refractivity contribution is 6.30. The molecule has 22 heavy (non-hydrogen) atoms. The fourth-order valence-corrected chi connectivity index (χ4v) is 2.05. The molecule has 2 rings (SSSR count). The van der Waals surface area contributed by atoms with Gasteiger partial charge in [-0.1, -0.05) is 23.7 Å². The van der Waals surface area contributed by atoms with Crippen molar-refractivity contribution in [3.63, 3.8) is 0 Å². The molecule has 0 unspecified atom stereocenters. The molecule has 0 saturated heterocycles. The van der Waals surface area contributed by atoms with Gasteiger partial charge in [-0.25, -0.2) is 0 Å². The molecule has 0 aliphatic carbocycles. The van der Waals surface area contributed by atoms with Gasteiger partial charge in [0.1, 0.15) is 0 Å². The molecule has 0 radical (unpaired) electrons. The van der Waals surface area contributed by atoms with Gasteiger partial charge in [-0.15, -0.1) is 0 Å². The number of benzene rings is 2. The van der Waals surface area contributed by atoms with Crippen LogP contribution in [0, 0.1) is 0 Å². The van der Waals surface area contributed by atoms with Gasteiger partial charge >= 0.3 is 0 Å². The van der Waals surface area contributed by atoms with Crippen molar-refractivity contribution in [3.8, 4) is 0 Å². The molecule has 0 fully saturated rings. The molecule has 0 bridgehead atoms. The highest BCUT2D eigenvalue weighted by Gasteiger charge is 2.04. The number of amides is 1. The molecule has 0 aliphatic rings. The number of hydrogen-bond acceptors (Lipinski definition) is 3. The van der Waals surface area contributed by atoms with Crippen molar-refractivity contribution in [1.82, 2.24) is 0 Å². The number of ketones is 1. The lowest BCUT2D eigenvalue weighted by Gasteiger charge is -2.08. The average molecular weight is 317 g/mol.